The van der Waals surface area contributed by atoms with Gasteiger partial charge < -0.3 is 20.3 Å². The monoisotopic (exact) mass is 271 g/mol. The highest BCUT2D eigenvalue weighted by Gasteiger charge is 2.23. The molecule has 0 aliphatic carbocycles. The summed E-state index contributed by atoms with van der Waals surface area (Å²) in [5.74, 6) is 0.281. The number of carbonyl (C=O) groups excluding carboxylic acids is 1. The predicted molar refractivity (Wildman–Crippen MR) is 77.2 cm³/mol. The molecule has 0 bridgehead atoms. The zero-order chi connectivity index (χ0) is 14.1. The lowest BCUT2D eigenvalue weighted by atomic mass is 9.91. The molecule has 1 heterocycles. The zero-order valence-electron chi connectivity index (χ0n) is 12.6. The lowest BCUT2D eigenvalue weighted by Gasteiger charge is -2.30. The van der Waals surface area contributed by atoms with Gasteiger partial charge in [-0.05, 0) is 26.9 Å². The van der Waals surface area contributed by atoms with E-state index < -0.39 is 0 Å². The van der Waals surface area contributed by atoms with Gasteiger partial charge in [0.2, 0.25) is 5.91 Å². The molecule has 0 spiro atoms. The average Bonchev–Trinajstić information content (AvgIpc) is 2.37. The van der Waals surface area contributed by atoms with Gasteiger partial charge in [0.25, 0.3) is 0 Å². The molecule has 112 valence electrons. The summed E-state index contributed by atoms with van der Waals surface area (Å²) in [5, 5.41) is 6.41. The van der Waals surface area contributed by atoms with Crippen molar-refractivity contribution < 1.29 is 9.53 Å². The second kappa shape index (κ2) is 8.51. The van der Waals surface area contributed by atoms with E-state index in [1.807, 2.05) is 19.0 Å². The van der Waals surface area contributed by atoms with Crippen LogP contribution in [0.1, 0.15) is 26.2 Å². The molecule has 0 aromatic heterocycles. The van der Waals surface area contributed by atoms with Gasteiger partial charge in [-0.15, -0.1) is 0 Å². The molecule has 0 saturated carbocycles. The Hall–Kier alpha value is -0.650. The fourth-order valence-electron chi connectivity index (χ4n) is 2.61. The van der Waals surface area contributed by atoms with Crippen molar-refractivity contribution in [1.29, 1.82) is 0 Å². The molecule has 5 heteroatoms. The van der Waals surface area contributed by atoms with Crippen LogP contribution < -0.4 is 10.6 Å². The van der Waals surface area contributed by atoms with Gasteiger partial charge in [-0.3, -0.25) is 4.79 Å². The number of amides is 1. The normalized spacial score (nSPS) is 17.0. The topological polar surface area (TPSA) is 53.6 Å². The molecular formula is C14H29N3O2. The van der Waals surface area contributed by atoms with Crippen molar-refractivity contribution >= 4 is 5.91 Å². The lowest BCUT2D eigenvalue weighted by Crippen LogP contribution is -2.43. The molecule has 1 rings (SSSR count). The Morgan fingerprint density at radius 1 is 1.26 bits per heavy atom. The first-order chi connectivity index (χ1) is 9.11. The van der Waals surface area contributed by atoms with Crippen molar-refractivity contribution in [3.8, 4) is 0 Å². The van der Waals surface area contributed by atoms with Crippen LogP contribution in [0.2, 0.25) is 0 Å². The van der Waals surface area contributed by atoms with Crippen LogP contribution in [0.15, 0.2) is 0 Å². The number of hydrogen-bond donors (Lipinski definition) is 2. The van der Waals surface area contributed by atoms with Crippen molar-refractivity contribution in [3.05, 3.63) is 0 Å². The van der Waals surface area contributed by atoms with Crippen LogP contribution in [0.3, 0.4) is 0 Å². The lowest BCUT2D eigenvalue weighted by molar-refractivity contribution is -0.134. The highest BCUT2D eigenvalue weighted by Crippen LogP contribution is 2.15. The van der Waals surface area contributed by atoms with Gasteiger partial charge in [0.1, 0.15) is 0 Å². The average molecular weight is 271 g/mol. The van der Waals surface area contributed by atoms with Crippen LogP contribution in [0, 0.1) is 5.41 Å². The van der Waals surface area contributed by atoms with Gasteiger partial charge in [-0.1, -0.05) is 6.92 Å². The Labute approximate surface area is 117 Å². The van der Waals surface area contributed by atoms with E-state index in [4.69, 9.17) is 4.74 Å². The summed E-state index contributed by atoms with van der Waals surface area (Å²) in [6.45, 7) is 6.99. The fourth-order valence-corrected chi connectivity index (χ4v) is 2.61. The molecule has 19 heavy (non-hydrogen) atoms. The SMILES string of the molecule is CNCC(C)(CNC)COCCN1CCCCC1=O. The van der Waals surface area contributed by atoms with E-state index in [-0.39, 0.29) is 11.3 Å². The van der Waals surface area contributed by atoms with Crippen LogP contribution in [0.4, 0.5) is 0 Å². The van der Waals surface area contributed by atoms with E-state index in [0.29, 0.717) is 19.6 Å². The largest absolute Gasteiger partial charge is 0.379 e. The number of likely N-dealkylation sites (tertiary alicyclic amines) is 1. The van der Waals surface area contributed by atoms with E-state index in [1.165, 1.54) is 0 Å². The van der Waals surface area contributed by atoms with Crippen LogP contribution in [-0.4, -0.2) is 64.3 Å². The molecule has 1 amide bonds. The zero-order valence-corrected chi connectivity index (χ0v) is 12.6. The molecule has 1 aliphatic heterocycles. The van der Waals surface area contributed by atoms with Crippen molar-refractivity contribution in [2.24, 2.45) is 5.41 Å². The number of nitrogens with one attached hydrogen (secondary N) is 2. The Kier molecular flexibility index (Phi) is 7.34. The van der Waals surface area contributed by atoms with Crippen LogP contribution in [-0.2, 0) is 9.53 Å². The molecular weight excluding hydrogens is 242 g/mol. The summed E-state index contributed by atoms with van der Waals surface area (Å²) < 4.78 is 5.78. The van der Waals surface area contributed by atoms with Gasteiger partial charge in [0, 0.05) is 38.0 Å². The van der Waals surface area contributed by atoms with E-state index in [1.54, 1.807) is 0 Å². The molecule has 5 nitrogen and oxygen atoms in total. The van der Waals surface area contributed by atoms with Crippen molar-refractivity contribution in [3.63, 3.8) is 0 Å². The maximum absolute atomic E-state index is 11.6. The highest BCUT2D eigenvalue weighted by atomic mass is 16.5. The Bertz CT molecular complexity index is 265. The van der Waals surface area contributed by atoms with E-state index >= 15 is 0 Å². The molecule has 1 aliphatic rings. The smallest absolute Gasteiger partial charge is 0.222 e. The summed E-state index contributed by atoms with van der Waals surface area (Å²) in [5.41, 5.74) is 0.0927. The quantitative estimate of drug-likeness (QED) is 0.598. The Balaban J connectivity index is 2.22. The third-order valence-corrected chi connectivity index (χ3v) is 3.58. The van der Waals surface area contributed by atoms with Gasteiger partial charge in [0.15, 0.2) is 0 Å². The standard InChI is InChI=1S/C14H29N3O2/c1-14(10-15-2,11-16-3)12-19-9-8-17-7-5-4-6-13(17)18/h15-16H,4-12H2,1-3H3. The first-order valence-corrected chi connectivity index (χ1v) is 7.26. The molecule has 0 aromatic carbocycles. The van der Waals surface area contributed by atoms with E-state index in [9.17, 15) is 4.79 Å². The second-order valence-corrected chi connectivity index (χ2v) is 5.76. The van der Waals surface area contributed by atoms with Crippen molar-refractivity contribution in [1.82, 2.24) is 15.5 Å². The highest BCUT2D eigenvalue weighted by molar-refractivity contribution is 5.76. The van der Waals surface area contributed by atoms with Gasteiger partial charge >= 0.3 is 0 Å². The summed E-state index contributed by atoms with van der Waals surface area (Å²) in [6, 6.07) is 0. The van der Waals surface area contributed by atoms with Crippen LogP contribution in [0.5, 0.6) is 0 Å². The maximum atomic E-state index is 11.6. The number of ether oxygens (including phenoxy) is 1. The third kappa shape index (κ3) is 5.89. The van der Waals surface area contributed by atoms with E-state index in [2.05, 4.69) is 17.6 Å². The molecule has 0 aromatic rings. The number of rotatable bonds is 9. The summed E-state index contributed by atoms with van der Waals surface area (Å²) in [4.78, 5) is 13.6. The first kappa shape index (κ1) is 16.4. The van der Waals surface area contributed by atoms with Crippen molar-refractivity contribution in [2.45, 2.75) is 26.2 Å². The van der Waals surface area contributed by atoms with Gasteiger partial charge in [0.05, 0.1) is 13.2 Å². The molecule has 0 radical (unpaired) electrons. The molecule has 0 unspecified atom stereocenters. The summed E-state index contributed by atoms with van der Waals surface area (Å²) >= 11 is 0. The maximum Gasteiger partial charge on any atom is 0.222 e. The Morgan fingerprint density at radius 2 is 1.95 bits per heavy atom. The molecule has 0 atom stereocenters. The minimum atomic E-state index is 0.0927. The Morgan fingerprint density at radius 3 is 2.53 bits per heavy atom. The number of carbonyl (C=O) groups is 1. The number of nitrogens with zero attached hydrogens (tertiary/aromatic N) is 1. The van der Waals surface area contributed by atoms with Crippen LogP contribution in [0.25, 0.3) is 0 Å². The van der Waals surface area contributed by atoms with Crippen molar-refractivity contribution in [2.75, 3.05) is 53.5 Å². The summed E-state index contributed by atoms with van der Waals surface area (Å²) in [7, 11) is 3.92. The van der Waals surface area contributed by atoms with Crippen LogP contribution >= 0.6 is 0 Å². The molecule has 1 saturated heterocycles. The van der Waals surface area contributed by atoms with E-state index in [0.717, 1.165) is 39.0 Å². The molecule has 2 N–H and O–H groups in total. The summed E-state index contributed by atoms with van der Waals surface area (Å²) in [6.07, 6.45) is 2.87. The number of piperidine rings is 1. The fraction of sp³-hybridized carbons (Fsp3) is 0.929. The minimum absolute atomic E-state index is 0.0927. The van der Waals surface area contributed by atoms with Gasteiger partial charge in [-0.2, -0.15) is 0 Å². The predicted octanol–water partition coefficient (Wildman–Crippen LogP) is 0.461. The number of hydrogen-bond acceptors (Lipinski definition) is 4. The second-order valence-electron chi connectivity index (χ2n) is 5.76. The van der Waals surface area contributed by atoms with Gasteiger partial charge in [-0.25, -0.2) is 0 Å². The first-order valence-electron chi connectivity index (χ1n) is 7.26. The minimum Gasteiger partial charge on any atom is -0.379 e. The third-order valence-electron chi connectivity index (χ3n) is 3.58. The molecule has 1 fully saturated rings.